The molecule has 0 aromatic heterocycles. The van der Waals surface area contributed by atoms with E-state index in [0.717, 1.165) is 6.42 Å². The van der Waals surface area contributed by atoms with Gasteiger partial charge in [-0.1, -0.05) is 17.7 Å². The van der Waals surface area contributed by atoms with Gasteiger partial charge in [-0.05, 0) is 56.2 Å². The molecule has 3 atom stereocenters. The van der Waals surface area contributed by atoms with Gasteiger partial charge in [0.15, 0.2) is 5.78 Å². The van der Waals surface area contributed by atoms with Crippen LogP contribution in [0.1, 0.15) is 40.7 Å². The topological polar surface area (TPSA) is 40.6 Å². The monoisotopic (exact) mass is 380 g/mol. The van der Waals surface area contributed by atoms with Crippen molar-refractivity contribution in [2.24, 2.45) is 5.92 Å². The summed E-state index contributed by atoms with van der Waals surface area (Å²) in [6.07, 6.45) is 0.887. The standard InChI is InChI=1S/C23H25FN2O2/c1-14-4-9-20-18(12-14)19-13-26(11-10-21(19)25(20)3)23(28)15(2)22(27)16-5-7-17(24)8-6-16/h4-9,12,15,19,21H,10-11,13H2,1-3H3. The van der Waals surface area contributed by atoms with Crippen LogP contribution in [0.2, 0.25) is 0 Å². The summed E-state index contributed by atoms with van der Waals surface area (Å²) in [5.41, 5.74) is 4.13. The summed E-state index contributed by atoms with van der Waals surface area (Å²) in [6, 6.07) is 12.3. The molecule has 4 nitrogen and oxygen atoms in total. The van der Waals surface area contributed by atoms with Gasteiger partial charge in [0.1, 0.15) is 5.82 Å². The third-order valence-electron chi connectivity index (χ3n) is 6.24. The minimum Gasteiger partial charge on any atom is -0.371 e. The molecule has 28 heavy (non-hydrogen) atoms. The van der Waals surface area contributed by atoms with E-state index >= 15 is 0 Å². The fourth-order valence-corrected chi connectivity index (χ4v) is 4.63. The van der Waals surface area contributed by atoms with Gasteiger partial charge < -0.3 is 9.80 Å². The first-order valence-corrected chi connectivity index (χ1v) is 9.78. The number of nitrogens with zero attached hydrogens (tertiary/aromatic N) is 2. The van der Waals surface area contributed by atoms with Gasteiger partial charge in [-0.3, -0.25) is 9.59 Å². The maximum Gasteiger partial charge on any atom is 0.233 e. The zero-order valence-electron chi connectivity index (χ0n) is 16.5. The number of fused-ring (bicyclic) bond motifs is 3. The Balaban J connectivity index is 1.52. The van der Waals surface area contributed by atoms with E-state index in [-0.39, 0.29) is 17.6 Å². The number of Topliss-reactive ketones (excluding diaryl/α,β-unsaturated/α-hetero) is 1. The lowest BCUT2D eigenvalue weighted by atomic mass is 9.87. The molecule has 0 N–H and O–H groups in total. The molecule has 1 amide bonds. The van der Waals surface area contributed by atoms with Gasteiger partial charge in [0.05, 0.1) is 5.92 Å². The van der Waals surface area contributed by atoms with Gasteiger partial charge in [0.25, 0.3) is 0 Å². The predicted molar refractivity (Wildman–Crippen MR) is 107 cm³/mol. The Kier molecular flexibility index (Phi) is 4.69. The van der Waals surface area contributed by atoms with Crippen LogP contribution in [0.5, 0.6) is 0 Å². The Morgan fingerprint density at radius 1 is 1.14 bits per heavy atom. The number of ketones is 1. The predicted octanol–water partition coefficient (Wildman–Crippen LogP) is 3.79. The number of carbonyl (C=O) groups is 2. The van der Waals surface area contributed by atoms with E-state index in [1.165, 1.54) is 41.1 Å². The average molecular weight is 380 g/mol. The van der Waals surface area contributed by atoms with E-state index < -0.39 is 11.7 Å². The molecule has 1 saturated heterocycles. The van der Waals surface area contributed by atoms with E-state index in [9.17, 15) is 14.0 Å². The van der Waals surface area contributed by atoms with Gasteiger partial charge >= 0.3 is 0 Å². The summed E-state index contributed by atoms with van der Waals surface area (Å²) in [6.45, 7) is 5.02. The third kappa shape index (κ3) is 3.09. The first-order chi connectivity index (χ1) is 13.4. The second-order valence-electron chi connectivity index (χ2n) is 8.01. The number of hydrogen-bond acceptors (Lipinski definition) is 3. The Bertz CT molecular complexity index is 925. The van der Waals surface area contributed by atoms with Crippen LogP contribution in [0.15, 0.2) is 42.5 Å². The molecule has 0 aliphatic carbocycles. The molecule has 2 heterocycles. The Hall–Kier alpha value is -2.69. The van der Waals surface area contributed by atoms with Crippen molar-refractivity contribution in [2.45, 2.75) is 32.2 Å². The summed E-state index contributed by atoms with van der Waals surface area (Å²) in [5, 5.41) is 0. The van der Waals surface area contributed by atoms with Crippen molar-refractivity contribution in [3.63, 3.8) is 0 Å². The van der Waals surface area contributed by atoms with E-state index in [1.54, 1.807) is 6.92 Å². The highest BCUT2D eigenvalue weighted by molar-refractivity contribution is 6.09. The summed E-state index contributed by atoms with van der Waals surface area (Å²) >= 11 is 0. The molecule has 0 spiro atoms. The quantitative estimate of drug-likeness (QED) is 0.601. The van der Waals surface area contributed by atoms with Gasteiger partial charge in [0, 0.05) is 43.3 Å². The Morgan fingerprint density at radius 3 is 2.57 bits per heavy atom. The zero-order chi connectivity index (χ0) is 20.0. The molecule has 4 rings (SSSR count). The summed E-state index contributed by atoms with van der Waals surface area (Å²) in [5.74, 6) is -1.29. The highest BCUT2D eigenvalue weighted by atomic mass is 19.1. The molecule has 2 aliphatic heterocycles. The third-order valence-corrected chi connectivity index (χ3v) is 6.24. The number of benzene rings is 2. The molecule has 0 radical (unpaired) electrons. The average Bonchev–Trinajstić information content (AvgIpc) is 2.98. The summed E-state index contributed by atoms with van der Waals surface area (Å²) in [7, 11) is 2.12. The molecular formula is C23H25FN2O2. The second kappa shape index (κ2) is 7.04. The second-order valence-corrected chi connectivity index (χ2v) is 8.01. The SMILES string of the molecule is Cc1ccc2c(c1)C1CN(C(=O)C(C)C(=O)c3ccc(F)cc3)CCC1N2C. The normalized spacial score (nSPS) is 21.9. The molecule has 0 bridgehead atoms. The van der Waals surface area contributed by atoms with Gasteiger partial charge in [-0.2, -0.15) is 0 Å². The summed E-state index contributed by atoms with van der Waals surface area (Å²) < 4.78 is 13.1. The van der Waals surface area contributed by atoms with Crippen LogP contribution in [-0.4, -0.2) is 42.8 Å². The first-order valence-electron chi connectivity index (χ1n) is 9.78. The Morgan fingerprint density at radius 2 is 1.86 bits per heavy atom. The lowest BCUT2D eigenvalue weighted by Crippen LogP contribution is -2.49. The van der Waals surface area contributed by atoms with Crippen molar-refractivity contribution in [2.75, 3.05) is 25.0 Å². The smallest absolute Gasteiger partial charge is 0.233 e. The minimum absolute atomic E-state index is 0.142. The van der Waals surface area contributed by atoms with Crippen LogP contribution in [-0.2, 0) is 4.79 Å². The molecular weight excluding hydrogens is 355 g/mol. The van der Waals surface area contributed by atoms with Crippen LogP contribution in [0.3, 0.4) is 0 Å². The number of likely N-dealkylation sites (N-methyl/N-ethyl adjacent to an activating group) is 1. The number of hydrogen-bond donors (Lipinski definition) is 0. The minimum atomic E-state index is -0.766. The maximum atomic E-state index is 13.1. The molecule has 146 valence electrons. The molecule has 0 saturated carbocycles. The van der Waals surface area contributed by atoms with Crippen molar-refractivity contribution in [3.05, 3.63) is 65.0 Å². The molecule has 2 aromatic carbocycles. The van der Waals surface area contributed by atoms with Crippen LogP contribution >= 0.6 is 0 Å². The molecule has 2 aromatic rings. The number of carbonyl (C=O) groups excluding carboxylic acids is 2. The van der Waals surface area contributed by atoms with Crippen LogP contribution in [0.4, 0.5) is 10.1 Å². The van der Waals surface area contributed by atoms with Crippen LogP contribution < -0.4 is 4.90 Å². The van der Waals surface area contributed by atoms with Crippen LogP contribution in [0.25, 0.3) is 0 Å². The number of amides is 1. The zero-order valence-corrected chi connectivity index (χ0v) is 16.5. The molecule has 2 aliphatic rings. The number of anilines is 1. The van der Waals surface area contributed by atoms with E-state index in [2.05, 4.69) is 37.1 Å². The van der Waals surface area contributed by atoms with Crippen molar-refractivity contribution < 1.29 is 14.0 Å². The number of likely N-dealkylation sites (tertiary alicyclic amines) is 1. The van der Waals surface area contributed by atoms with Crippen molar-refractivity contribution in [1.82, 2.24) is 4.90 Å². The number of rotatable bonds is 3. The fraction of sp³-hybridized carbons (Fsp3) is 0.391. The van der Waals surface area contributed by atoms with Gasteiger partial charge in [-0.15, -0.1) is 0 Å². The van der Waals surface area contributed by atoms with E-state index in [0.29, 0.717) is 24.7 Å². The molecule has 3 unspecified atom stereocenters. The number of halogens is 1. The van der Waals surface area contributed by atoms with Gasteiger partial charge in [-0.25, -0.2) is 4.39 Å². The van der Waals surface area contributed by atoms with Crippen molar-refractivity contribution in [1.29, 1.82) is 0 Å². The Labute approximate surface area is 164 Å². The van der Waals surface area contributed by atoms with Crippen LogP contribution in [0, 0.1) is 18.7 Å². The lowest BCUT2D eigenvalue weighted by Gasteiger charge is -2.38. The number of piperidine rings is 1. The van der Waals surface area contributed by atoms with E-state index in [4.69, 9.17) is 0 Å². The van der Waals surface area contributed by atoms with E-state index in [1.807, 2.05) is 4.90 Å². The largest absolute Gasteiger partial charge is 0.371 e. The molecule has 1 fully saturated rings. The molecule has 5 heteroatoms. The van der Waals surface area contributed by atoms with Gasteiger partial charge in [0.2, 0.25) is 5.91 Å². The van der Waals surface area contributed by atoms with Crippen molar-refractivity contribution in [3.8, 4) is 0 Å². The first kappa shape index (κ1) is 18.7. The van der Waals surface area contributed by atoms with Crippen molar-refractivity contribution >= 4 is 17.4 Å². The number of aryl methyl sites for hydroxylation is 1. The summed E-state index contributed by atoms with van der Waals surface area (Å²) in [4.78, 5) is 29.9. The maximum absolute atomic E-state index is 13.1. The lowest BCUT2D eigenvalue weighted by molar-refractivity contribution is -0.134. The highest BCUT2D eigenvalue weighted by Gasteiger charge is 2.42. The highest BCUT2D eigenvalue weighted by Crippen LogP contribution is 2.44. The fourth-order valence-electron chi connectivity index (χ4n) is 4.63.